The number of rotatable bonds is 5. The zero-order valence-corrected chi connectivity index (χ0v) is 18.7. The Hall–Kier alpha value is -1.43. The summed E-state index contributed by atoms with van der Waals surface area (Å²) in [7, 11) is -2.87. The van der Waals surface area contributed by atoms with Crippen LogP contribution >= 0.6 is 31.9 Å². The van der Waals surface area contributed by atoms with Crippen molar-refractivity contribution in [2.75, 3.05) is 42.9 Å². The van der Waals surface area contributed by atoms with Gasteiger partial charge in [0.05, 0.1) is 27.4 Å². The van der Waals surface area contributed by atoms with Crippen LogP contribution in [0, 0.1) is 11.6 Å². The molecule has 1 aliphatic rings. The van der Waals surface area contributed by atoms with Gasteiger partial charge in [0, 0.05) is 26.2 Å². The van der Waals surface area contributed by atoms with Crippen molar-refractivity contribution in [1.29, 1.82) is 0 Å². The second-order valence-corrected chi connectivity index (χ2v) is 9.29. The molecule has 0 aliphatic carbocycles. The smallest absolute Gasteiger partial charge is 0.266 e. The zero-order valence-electron chi connectivity index (χ0n) is 14.7. The molecule has 1 heterocycles. The van der Waals surface area contributed by atoms with E-state index in [1.165, 1.54) is 13.2 Å². The topological polar surface area (TPSA) is 70.7 Å². The van der Waals surface area contributed by atoms with Gasteiger partial charge in [-0.1, -0.05) is 0 Å². The summed E-state index contributed by atoms with van der Waals surface area (Å²) in [4.78, 5) is 1.25. The average molecular weight is 541 g/mol. The first-order chi connectivity index (χ1) is 13.2. The molecule has 0 aromatic heterocycles. The molecule has 1 saturated heterocycles. The molecule has 28 heavy (non-hydrogen) atoms. The Morgan fingerprint density at radius 2 is 1.86 bits per heavy atom. The van der Waals surface area contributed by atoms with Gasteiger partial charge in [0.1, 0.15) is 16.5 Å². The second kappa shape index (κ2) is 8.52. The molecule has 2 aromatic carbocycles. The van der Waals surface area contributed by atoms with E-state index in [2.05, 4.69) is 46.8 Å². The summed E-state index contributed by atoms with van der Waals surface area (Å²) in [6.07, 6.45) is 0. The molecule has 11 heteroatoms. The quantitative estimate of drug-likeness (QED) is 0.566. The summed E-state index contributed by atoms with van der Waals surface area (Å²) >= 11 is 5.66. The van der Waals surface area contributed by atoms with E-state index in [1.54, 1.807) is 12.1 Å². The summed E-state index contributed by atoms with van der Waals surface area (Å²) < 4.78 is 60.8. The summed E-state index contributed by atoms with van der Waals surface area (Å²) in [5.74, 6) is -1.40. The van der Waals surface area contributed by atoms with Gasteiger partial charge in [-0.25, -0.2) is 17.2 Å². The van der Waals surface area contributed by atoms with Crippen LogP contribution in [0.4, 0.5) is 20.2 Å². The van der Waals surface area contributed by atoms with Crippen molar-refractivity contribution in [3.8, 4) is 5.75 Å². The third-order valence-corrected chi connectivity index (χ3v) is 7.27. The van der Waals surface area contributed by atoms with E-state index in [0.29, 0.717) is 11.4 Å². The lowest BCUT2D eigenvalue weighted by Crippen LogP contribution is -2.43. The van der Waals surface area contributed by atoms with Crippen LogP contribution in [0.3, 0.4) is 0 Å². The number of hydrogen-bond donors (Lipinski definition) is 2. The first-order valence-corrected chi connectivity index (χ1v) is 11.3. The van der Waals surface area contributed by atoms with Gasteiger partial charge in [-0.05, 0) is 56.1 Å². The molecule has 0 radical (unpaired) electrons. The third kappa shape index (κ3) is 4.27. The van der Waals surface area contributed by atoms with Crippen molar-refractivity contribution in [1.82, 2.24) is 5.32 Å². The molecule has 0 amide bonds. The molecule has 0 bridgehead atoms. The Bertz CT molecular complexity index is 973. The van der Waals surface area contributed by atoms with E-state index in [-0.39, 0.29) is 10.2 Å². The Morgan fingerprint density at radius 3 is 2.50 bits per heavy atom. The van der Waals surface area contributed by atoms with Gasteiger partial charge in [0.2, 0.25) is 0 Å². The number of nitrogens with zero attached hydrogens (tertiary/aromatic N) is 1. The highest BCUT2D eigenvalue weighted by Crippen LogP contribution is 2.36. The molecular formula is C17H17Br2F2N3O3S. The fourth-order valence-corrected chi connectivity index (χ4v) is 5.58. The van der Waals surface area contributed by atoms with Crippen LogP contribution < -0.4 is 19.7 Å². The maximum atomic E-state index is 14.4. The van der Waals surface area contributed by atoms with Crippen LogP contribution in [0.1, 0.15) is 0 Å². The van der Waals surface area contributed by atoms with E-state index in [0.717, 1.165) is 32.2 Å². The second-order valence-electron chi connectivity index (χ2n) is 6.03. The van der Waals surface area contributed by atoms with E-state index < -0.39 is 31.0 Å². The van der Waals surface area contributed by atoms with Gasteiger partial charge >= 0.3 is 0 Å². The van der Waals surface area contributed by atoms with Crippen LogP contribution in [-0.4, -0.2) is 41.7 Å². The highest BCUT2D eigenvalue weighted by molar-refractivity contribution is 9.11. The minimum atomic E-state index is -4.40. The Morgan fingerprint density at radius 1 is 1.18 bits per heavy atom. The number of halogens is 4. The van der Waals surface area contributed by atoms with Crippen LogP contribution in [0.5, 0.6) is 5.75 Å². The lowest BCUT2D eigenvalue weighted by molar-refractivity contribution is 0.413. The number of sulfonamides is 1. The molecule has 3 rings (SSSR count). The van der Waals surface area contributed by atoms with Crippen LogP contribution in [0.15, 0.2) is 38.1 Å². The van der Waals surface area contributed by atoms with E-state index in [9.17, 15) is 17.2 Å². The molecule has 2 N–H and O–H groups in total. The minimum Gasteiger partial charge on any atom is -0.495 e. The van der Waals surface area contributed by atoms with Crippen molar-refractivity contribution < 1.29 is 21.9 Å². The summed E-state index contributed by atoms with van der Waals surface area (Å²) in [5, 5.41) is 3.24. The predicted molar refractivity (Wildman–Crippen MR) is 111 cm³/mol. The van der Waals surface area contributed by atoms with Crippen molar-refractivity contribution in [3.63, 3.8) is 0 Å². The normalized spacial score (nSPS) is 14.8. The summed E-state index contributed by atoms with van der Waals surface area (Å²) in [5.41, 5.74) is 0.921. The van der Waals surface area contributed by atoms with E-state index >= 15 is 0 Å². The van der Waals surface area contributed by atoms with Crippen LogP contribution in [-0.2, 0) is 10.0 Å². The number of hydrogen-bond acceptors (Lipinski definition) is 5. The number of anilines is 2. The average Bonchev–Trinajstić information content (AvgIpc) is 2.67. The molecule has 1 fully saturated rings. The molecule has 0 saturated carbocycles. The Balaban J connectivity index is 2.00. The molecule has 0 unspecified atom stereocenters. The fraction of sp³-hybridized carbons (Fsp3) is 0.294. The largest absolute Gasteiger partial charge is 0.495 e. The van der Waals surface area contributed by atoms with Gasteiger partial charge in [-0.2, -0.15) is 0 Å². The van der Waals surface area contributed by atoms with Crippen molar-refractivity contribution in [3.05, 3.63) is 44.8 Å². The molecule has 2 aromatic rings. The lowest BCUT2D eigenvalue weighted by atomic mass is 10.2. The highest BCUT2D eigenvalue weighted by atomic mass is 79.9. The maximum Gasteiger partial charge on any atom is 0.266 e. The monoisotopic (exact) mass is 539 g/mol. The van der Waals surface area contributed by atoms with Gasteiger partial charge in [0.25, 0.3) is 10.0 Å². The molecule has 0 spiro atoms. The number of piperazine rings is 1. The highest BCUT2D eigenvalue weighted by Gasteiger charge is 2.28. The third-order valence-electron chi connectivity index (χ3n) is 4.23. The maximum absolute atomic E-state index is 14.4. The minimum absolute atomic E-state index is 0.209. The molecule has 1 aliphatic heterocycles. The van der Waals surface area contributed by atoms with Gasteiger partial charge in [0.15, 0.2) is 5.82 Å². The first kappa shape index (κ1) is 21.3. The van der Waals surface area contributed by atoms with Crippen molar-refractivity contribution in [2.24, 2.45) is 0 Å². The standard InChI is InChI=1S/C17H17Br2F2N3O3S/c1-27-14-3-2-10(8-13(14)24-6-4-22-5-7-24)23-28(25,26)17-15(19)12(20)9-11(18)16(17)21/h2-3,8-9,22-23H,4-7H2,1H3. The van der Waals surface area contributed by atoms with Gasteiger partial charge in [-0.15, -0.1) is 0 Å². The van der Waals surface area contributed by atoms with Crippen molar-refractivity contribution in [2.45, 2.75) is 4.90 Å². The fourth-order valence-electron chi connectivity index (χ4n) is 2.90. The SMILES string of the molecule is COc1ccc(NS(=O)(=O)c2c(F)c(Br)cc(F)c2Br)cc1N1CCNCC1. The predicted octanol–water partition coefficient (Wildman–Crippen LogP) is 3.71. The van der Waals surface area contributed by atoms with Crippen LogP contribution in [0.25, 0.3) is 0 Å². The summed E-state index contributed by atoms with van der Waals surface area (Å²) in [6.45, 7) is 3.02. The van der Waals surface area contributed by atoms with Gasteiger partial charge < -0.3 is 15.0 Å². The molecule has 6 nitrogen and oxygen atoms in total. The number of benzene rings is 2. The molecule has 0 atom stereocenters. The number of nitrogens with one attached hydrogen (secondary N) is 2. The number of methoxy groups -OCH3 is 1. The molecule has 152 valence electrons. The number of ether oxygens (including phenoxy) is 1. The zero-order chi connectivity index (χ0) is 20.5. The van der Waals surface area contributed by atoms with Crippen LogP contribution in [0.2, 0.25) is 0 Å². The van der Waals surface area contributed by atoms with E-state index in [4.69, 9.17) is 4.74 Å². The first-order valence-electron chi connectivity index (χ1n) is 8.24. The molecular weight excluding hydrogens is 524 g/mol. The Labute approximate surface area is 178 Å². The van der Waals surface area contributed by atoms with E-state index in [1.807, 2.05) is 0 Å². The van der Waals surface area contributed by atoms with Gasteiger partial charge in [-0.3, -0.25) is 4.72 Å². The summed E-state index contributed by atoms with van der Waals surface area (Å²) in [6, 6.07) is 5.60. The lowest BCUT2D eigenvalue weighted by Gasteiger charge is -2.31. The Kier molecular flexibility index (Phi) is 6.47. The van der Waals surface area contributed by atoms with Crippen molar-refractivity contribution >= 4 is 53.3 Å².